The van der Waals surface area contributed by atoms with E-state index in [4.69, 9.17) is 4.74 Å². The summed E-state index contributed by atoms with van der Waals surface area (Å²) in [5, 5.41) is 2.98. The van der Waals surface area contributed by atoms with E-state index in [1.807, 2.05) is 7.05 Å². The third kappa shape index (κ3) is 6.95. The van der Waals surface area contributed by atoms with E-state index in [0.29, 0.717) is 13.2 Å². The highest BCUT2D eigenvalue weighted by molar-refractivity contribution is 7.87. The first-order chi connectivity index (χ1) is 7.75. The van der Waals surface area contributed by atoms with Gasteiger partial charge in [0.15, 0.2) is 0 Å². The van der Waals surface area contributed by atoms with Gasteiger partial charge in [0.2, 0.25) is 0 Å². The second-order valence-electron chi connectivity index (χ2n) is 4.70. The van der Waals surface area contributed by atoms with E-state index < -0.39 is 15.7 Å². The standard InChI is InChI=1S/C10H25N3O3S/c1-10(2,9-16-5)12-17(14,15)13(4)8-6-7-11-3/h11-12H,6-9H2,1-5H3. The highest BCUT2D eigenvalue weighted by Crippen LogP contribution is 2.07. The molecule has 0 amide bonds. The van der Waals surface area contributed by atoms with Gasteiger partial charge >= 0.3 is 0 Å². The van der Waals surface area contributed by atoms with Gasteiger partial charge in [0.1, 0.15) is 0 Å². The van der Waals surface area contributed by atoms with Gasteiger partial charge in [0, 0.05) is 20.7 Å². The lowest BCUT2D eigenvalue weighted by Crippen LogP contribution is -2.51. The number of ether oxygens (including phenoxy) is 1. The minimum absolute atomic E-state index is 0.330. The highest BCUT2D eigenvalue weighted by atomic mass is 32.2. The van der Waals surface area contributed by atoms with E-state index in [1.54, 1.807) is 28.0 Å². The number of hydrogen-bond acceptors (Lipinski definition) is 4. The van der Waals surface area contributed by atoms with Gasteiger partial charge in [-0.15, -0.1) is 0 Å². The molecule has 0 saturated heterocycles. The molecular weight excluding hydrogens is 242 g/mol. The van der Waals surface area contributed by atoms with E-state index in [2.05, 4.69) is 10.0 Å². The molecule has 6 nitrogen and oxygen atoms in total. The van der Waals surface area contributed by atoms with Crippen molar-refractivity contribution in [3.8, 4) is 0 Å². The van der Waals surface area contributed by atoms with E-state index in [1.165, 1.54) is 4.31 Å². The zero-order valence-corrected chi connectivity index (χ0v) is 12.2. The lowest BCUT2D eigenvalue weighted by Gasteiger charge is -2.28. The Labute approximate surface area is 105 Å². The van der Waals surface area contributed by atoms with Gasteiger partial charge in [0.05, 0.1) is 12.1 Å². The summed E-state index contributed by atoms with van der Waals surface area (Å²) in [6.07, 6.45) is 0.776. The van der Waals surface area contributed by atoms with E-state index in [-0.39, 0.29) is 0 Å². The van der Waals surface area contributed by atoms with Crippen LogP contribution in [0, 0.1) is 0 Å². The average Bonchev–Trinajstić information content (AvgIpc) is 2.15. The molecule has 0 aromatic carbocycles. The third-order valence-electron chi connectivity index (χ3n) is 2.22. The Morgan fingerprint density at radius 1 is 1.35 bits per heavy atom. The van der Waals surface area contributed by atoms with Crippen molar-refractivity contribution in [2.24, 2.45) is 0 Å². The molecular formula is C10H25N3O3S. The van der Waals surface area contributed by atoms with E-state index >= 15 is 0 Å². The second-order valence-corrected chi connectivity index (χ2v) is 6.48. The molecule has 104 valence electrons. The molecule has 7 heteroatoms. The molecule has 0 aromatic heterocycles. The SMILES string of the molecule is CNCCCN(C)S(=O)(=O)NC(C)(C)COC. The van der Waals surface area contributed by atoms with Crippen molar-refractivity contribution in [1.82, 2.24) is 14.3 Å². The van der Waals surface area contributed by atoms with Crippen LogP contribution in [0.15, 0.2) is 0 Å². The minimum atomic E-state index is -3.45. The predicted molar refractivity (Wildman–Crippen MR) is 69.2 cm³/mol. The molecule has 0 aliphatic heterocycles. The zero-order chi connectivity index (χ0) is 13.5. The fourth-order valence-electron chi connectivity index (χ4n) is 1.42. The maximum absolute atomic E-state index is 12.0. The Hall–Kier alpha value is -0.210. The van der Waals surface area contributed by atoms with Crippen LogP contribution in [0.2, 0.25) is 0 Å². The summed E-state index contributed by atoms with van der Waals surface area (Å²) in [6.45, 7) is 5.18. The fraction of sp³-hybridized carbons (Fsp3) is 1.00. The van der Waals surface area contributed by atoms with Gasteiger partial charge in [0.25, 0.3) is 10.2 Å². The van der Waals surface area contributed by atoms with Crippen LogP contribution in [-0.2, 0) is 14.9 Å². The molecule has 17 heavy (non-hydrogen) atoms. The first-order valence-corrected chi connectivity index (χ1v) is 7.08. The summed E-state index contributed by atoms with van der Waals surface area (Å²) in [5.41, 5.74) is -0.606. The lowest BCUT2D eigenvalue weighted by atomic mass is 10.1. The Kier molecular flexibility index (Phi) is 7.18. The maximum atomic E-state index is 12.0. The molecule has 0 fully saturated rings. The lowest BCUT2D eigenvalue weighted by molar-refractivity contribution is 0.140. The van der Waals surface area contributed by atoms with Gasteiger partial charge in [-0.25, -0.2) is 0 Å². The Balaban J connectivity index is 4.36. The molecule has 0 spiro atoms. The molecule has 0 aromatic rings. The second kappa shape index (κ2) is 7.27. The zero-order valence-electron chi connectivity index (χ0n) is 11.4. The van der Waals surface area contributed by atoms with Crippen LogP contribution in [0.4, 0.5) is 0 Å². The van der Waals surface area contributed by atoms with Crippen molar-refractivity contribution < 1.29 is 13.2 Å². The topological polar surface area (TPSA) is 70.7 Å². The first kappa shape index (κ1) is 16.8. The van der Waals surface area contributed by atoms with Crippen molar-refractivity contribution in [3.05, 3.63) is 0 Å². The number of nitrogens with one attached hydrogen (secondary N) is 2. The number of rotatable bonds is 9. The van der Waals surface area contributed by atoms with E-state index in [0.717, 1.165) is 13.0 Å². The quantitative estimate of drug-likeness (QED) is 0.567. The van der Waals surface area contributed by atoms with Crippen LogP contribution in [-0.4, -0.2) is 59.2 Å². The van der Waals surface area contributed by atoms with Gasteiger partial charge in [-0.2, -0.15) is 17.4 Å². The first-order valence-electron chi connectivity index (χ1n) is 5.64. The van der Waals surface area contributed by atoms with Crippen LogP contribution in [0.3, 0.4) is 0 Å². The normalized spacial score (nSPS) is 13.3. The predicted octanol–water partition coefficient (Wildman–Crippen LogP) is -0.213. The number of nitrogens with zero attached hydrogens (tertiary/aromatic N) is 1. The summed E-state index contributed by atoms with van der Waals surface area (Å²) in [7, 11) is 1.52. The van der Waals surface area contributed by atoms with Crippen LogP contribution in [0.5, 0.6) is 0 Å². The summed E-state index contributed by atoms with van der Waals surface area (Å²) in [5.74, 6) is 0. The molecule has 0 bridgehead atoms. The number of hydrogen-bond donors (Lipinski definition) is 2. The molecule has 0 unspecified atom stereocenters. The van der Waals surface area contributed by atoms with Crippen molar-refractivity contribution >= 4 is 10.2 Å². The van der Waals surface area contributed by atoms with Gasteiger partial charge in [-0.3, -0.25) is 0 Å². The summed E-state index contributed by atoms with van der Waals surface area (Å²) >= 11 is 0. The molecule has 0 saturated carbocycles. The summed E-state index contributed by atoms with van der Waals surface area (Å²) in [4.78, 5) is 0. The van der Waals surface area contributed by atoms with Crippen LogP contribution in [0.1, 0.15) is 20.3 Å². The Bertz CT molecular complexity index is 304. The molecule has 0 rings (SSSR count). The molecule has 0 aliphatic rings. The summed E-state index contributed by atoms with van der Waals surface area (Å²) in [6, 6.07) is 0. The van der Waals surface area contributed by atoms with Crippen LogP contribution < -0.4 is 10.0 Å². The minimum Gasteiger partial charge on any atom is -0.383 e. The molecule has 0 atom stereocenters. The van der Waals surface area contributed by atoms with Crippen molar-refractivity contribution in [2.45, 2.75) is 25.8 Å². The number of methoxy groups -OCH3 is 1. The van der Waals surface area contributed by atoms with Gasteiger partial charge < -0.3 is 10.1 Å². The van der Waals surface area contributed by atoms with Crippen LogP contribution in [0.25, 0.3) is 0 Å². The van der Waals surface area contributed by atoms with Crippen molar-refractivity contribution in [1.29, 1.82) is 0 Å². The van der Waals surface area contributed by atoms with Gasteiger partial charge in [-0.05, 0) is 33.9 Å². The van der Waals surface area contributed by atoms with Crippen molar-refractivity contribution in [3.63, 3.8) is 0 Å². The summed E-state index contributed by atoms with van der Waals surface area (Å²) < 4.78 is 32.8. The maximum Gasteiger partial charge on any atom is 0.279 e. The Morgan fingerprint density at radius 3 is 2.41 bits per heavy atom. The fourth-order valence-corrected chi connectivity index (χ4v) is 2.70. The van der Waals surface area contributed by atoms with E-state index in [9.17, 15) is 8.42 Å². The molecule has 0 radical (unpaired) electrons. The highest BCUT2D eigenvalue weighted by Gasteiger charge is 2.27. The smallest absolute Gasteiger partial charge is 0.279 e. The average molecular weight is 267 g/mol. The van der Waals surface area contributed by atoms with Gasteiger partial charge in [-0.1, -0.05) is 0 Å². The van der Waals surface area contributed by atoms with Crippen LogP contribution >= 0.6 is 0 Å². The Morgan fingerprint density at radius 2 is 1.94 bits per heavy atom. The monoisotopic (exact) mass is 267 g/mol. The van der Waals surface area contributed by atoms with Crippen molar-refractivity contribution in [2.75, 3.05) is 40.9 Å². The largest absolute Gasteiger partial charge is 0.383 e. The third-order valence-corrected chi connectivity index (χ3v) is 4.03. The molecule has 2 N–H and O–H groups in total. The molecule has 0 heterocycles. The molecule has 0 aliphatic carbocycles.